The van der Waals surface area contributed by atoms with Gasteiger partial charge in [-0.05, 0) is 75.2 Å². The lowest BCUT2D eigenvalue weighted by atomic mass is 10.0. The summed E-state index contributed by atoms with van der Waals surface area (Å²) in [6.07, 6.45) is 0.254. The summed E-state index contributed by atoms with van der Waals surface area (Å²) < 4.78 is 29.9. The summed E-state index contributed by atoms with van der Waals surface area (Å²) in [5.41, 5.74) is 2.55. The minimum absolute atomic E-state index is 0.0621. The quantitative estimate of drug-likeness (QED) is 0.196. The Bertz CT molecular complexity index is 1660. The van der Waals surface area contributed by atoms with Crippen LogP contribution in [0.3, 0.4) is 0 Å². The molecule has 7 nitrogen and oxygen atoms in total. The monoisotopic (exact) mass is 675 g/mol. The number of hydrogen-bond donors (Lipinski definition) is 1. The van der Waals surface area contributed by atoms with Gasteiger partial charge in [-0.3, -0.25) is 13.9 Å². The molecule has 2 amide bonds. The summed E-state index contributed by atoms with van der Waals surface area (Å²) in [4.78, 5) is 30.0. The molecule has 0 saturated carbocycles. The van der Waals surface area contributed by atoms with Crippen LogP contribution in [0.25, 0.3) is 0 Å². The lowest BCUT2D eigenvalue weighted by Gasteiger charge is -2.35. The van der Waals surface area contributed by atoms with E-state index in [9.17, 15) is 18.0 Å². The number of hydrogen-bond acceptors (Lipinski definition) is 4. The van der Waals surface area contributed by atoms with Crippen LogP contribution in [-0.4, -0.2) is 43.3 Å². The second kappa shape index (κ2) is 14.2. The Labute approximate surface area is 269 Å². The highest BCUT2D eigenvalue weighted by Gasteiger charge is 2.35. The first-order valence-electron chi connectivity index (χ1n) is 14.4. The molecular formula is C35H38BrN3O4S. The van der Waals surface area contributed by atoms with Crippen molar-refractivity contribution in [3.05, 3.63) is 130 Å². The molecule has 0 radical (unpaired) electrons. The predicted octanol–water partition coefficient (Wildman–Crippen LogP) is 6.51. The summed E-state index contributed by atoms with van der Waals surface area (Å²) in [7, 11) is -4.14. The number of carbonyl (C=O) groups excluding carboxylic acids is 2. The van der Waals surface area contributed by atoms with Crippen molar-refractivity contribution in [1.29, 1.82) is 0 Å². The normalized spacial score (nSPS) is 12.3. The van der Waals surface area contributed by atoms with Gasteiger partial charge in [0.2, 0.25) is 11.8 Å². The summed E-state index contributed by atoms with van der Waals surface area (Å²) in [5, 5.41) is 3.05. The Kier molecular flexibility index (Phi) is 10.7. The Morgan fingerprint density at radius 1 is 0.795 bits per heavy atom. The molecule has 230 valence electrons. The van der Waals surface area contributed by atoms with E-state index in [-0.39, 0.29) is 23.8 Å². The number of nitrogens with one attached hydrogen (secondary N) is 1. The minimum Gasteiger partial charge on any atom is -0.350 e. The van der Waals surface area contributed by atoms with Crippen LogP contribution >= 0.6 is 15.9 Å². The van der Waals surface area contributed by atoms with Crippen molar-refractivity contribution in [2.45, 2.75) is 57.1 Å². The third kappa shape index (κ3) is 8.80. The van der Waals surface area contributed by atoms with Crippen molar-refractivity contribution >= 4 is 43.5 Å². The van der Waals surface area contributed by atoms with Crippen molar-refractivity contribution in [1.82, 2.24) is 10.2 Å². The van der Waals surface area contributed by atoms with E-state index in [2.05, 4.69) is 21.2 Å². The van der Waals surface area contributed by atoms with E-state index in [1.807, 2.05) is 82.3 Å². The van der Waals surface area contributed by atoms with Gasteiger partial charge in [-0.2, -0.15) is 0 Å². The fourth-order valence-electron chi connectivity index (χ4n) is 4.75. The molecule has 1 N–H and O–H groups in total. The third-order valence-electron chi connectivity index (χ3n) is 6.97. The highest BCUT2D eigenvalue weighted by Crippen LogP contribution is 2.26. The Morgan fingerprint density at radius 2 is 1.36 bits per heavy atom. The number of halogens is 1. The maximum absolute atomic E-state index is 14.5. The van der Waals surface area contributed by atoms with Gasteiger partial charge in [-0.15, -0.1) is 0 Å². The number of nitrogens with zero attached hydrogens (tertiary/aromatic N) is 2. The molecule has 0 aliphatic carbocycles. The smallest absolute Gasteiger partial charge is 0.264 e. The molecule has 0 bridgehead atoms. The molecule has 1 unspecified atom stereocenters. The van der Waals surface area contributed by atoms with Crippen LogP contribution in [-0.2, 0) is 32.6 Å². The molecule has 44 heavy (non-hydrogen) atoms. The van der Waals surface area contributed by atoms with E-state index in [1.165, 1.54) is 17.0 Å². The molecule has 0 spiro atoms. The van der Waals surface area contributed by atoms with Gasteiger partial charge in [0.05, 0.1) is 10.6 Å². The molecular weight excluding hydrogens is 638 g/mol. The van der Waals surface area contributed by atoms with E-state index in [0.29, 0.717) is 5.69 Å². The topological polar surface area (TPSA) is 86.8 Å². The second-order valence-corrected chi connectivity index (χ2v) is 14.5. The zero-order chi connectivity index (χ0) is 31.9. The lowest BCUT2D eigenvalue weighted by molar-refractivity contribution is -0.140. The van der Waals surface area contributed by atoms with Gasteiger partial charge in [-0.25, -0.2) is 8.42 Å². The van der Waals surface area contributed by atoms with Crippen molar-refractivity contribution < 1.29 is 18.0 Å². The minimum atomic E-state index is -4.14. The first-order chi connectivity index (χ1) is 20.8. The van der Waals surface area contributed by atoms with Gasteiger partial charge in [0.15, 0.2) is 0 Å². The molecule has 0 fully saturated rings. The van der Waals surface area contributed by atoms with Crippen LogP contribution in [0.4, 0.5) is 5.69 Å². The van der Waals surface area contributed by atoms with Gasteiger partial charge < -0.3 is 10.2 Å². The number of benzene rings is 4. The zero-order valence-electron chi connectivity index (χ0n) is 25.4. The maximum atomic E-state index is 14.5. The molecule has 4 rings (SSSR count). The molecule has 0 aliphatic rings. The van der Waals surface area contributed by atoms with Gasteiger partial charge >= 0.3 is 0 Å². The van der Waals surface area contributed by atoms with Crippen LogP contribution in [0.5, 0.6) is 0 Å². The van der Waals surface area contributed by atoms with E-state index in [4.69, 9.17) is 0 Å². The van der Waals surface area contributed by atoms with Gasteiger partial charge in [0, 0.05) is 23.0 Å². The second-order valence-electron chi connectivity index (χ2n) is 11.8. The van der Waals surface area contributed by atoms with Crippen LogP contribution in [0, 0.1) is 6.92 Å². The van der Waals surface area contributed by atoms with E-state index >= 15 is 0 Å². The first kappa shape index (κ1) is 33.0. The Hall–Kier alpha value is -3.95. The zero-order valence-corrected chi connectivity index (χ0v) is 27.8. The van der Waals surface area contributed by atoms with Gasteiger partial charge in [0.1, 0.15) is 12.6 Å². The average Bonchev–Trinajstić information content (AvgIpc) is 2.99. The van der Waals surface area contributed by atoms with Crippen molar-refractivity contribution in [2.75, 3.05) is 10.8 Å². The molecule has 0 aromatic heterocycles. The molecule has 0 heterocycles. The number of anilines is 1. The SMILES string of the molecule is Cc1ccc(CN(C(=O)CN(c2ccc(Br)cc2)S(=O)(=O)c2ccccc2)C(Cc2ccccc2)C(=O)NC(C)(C)C)cc1. The molecule has 4 aromatic carbocycles. The number of sulfonamides is 1. The molecule has 9 heteroatoms. The predicted molar refractivity (Wildman–Crippen MR) is 179 cm³/mol. The number of carbonyl (C=O) groups is 2. The fourth-order valence-corrected chi connectivity index (χ4v) is 6.45. The summed E-state index contributed by atoms with van der Waals surface area (Å²) in [6, 6.07) is 31.1. The van der Waals surface area contributed by atoms with Crippen molar-refractivity contribution in [3.8, 4) is 0 Å². The third-order valence-corrected chi connectivity index (χ3v) is 9.28. The molecule has 0 saturated heterocycles. The average molecular weight is 677 g/mol. The van der Waals surface area contributed by atoms with E-state index < -0.39 is 34.1 Å². The lowest BCUT2D eigenvalue weighted by Crippen LogP contribution is -2.56. The molecule has 1 atom stereocenters. The highest BCUT2D eigenvalue weighted by molar-refractivity contribution is 9.10. The van der Waals surface area contributed by atoms with Gasteiger partial charge in [-0.1, -0.05) is 94.3 Å². The molecule has 0 aliphatic heterocycles. The van der Waals surface area contributed by atoms with Crippen molar-refractivity contribution in [2.24, 2.45) is 0 Å². The summed E-state index contributed by atoms with van der Waals surface area (Å²) in [6.45, 7) is 7.26. The summed E-state index contributed by atoms with van der Waals surface area (Å²) >= 11 is 3.41. The number of aryl methyl sites for hydroxylation is 1. The van der Waals surface area contributed by atoms with Gasteiger partial charge in [0.25, 0.3) is 10.0 Å². The summed E-state index contributed by atoms with van der Waals surface area (Å²) in [5.74, 6) is -0.819. The van der Waals surface area contributed by atoms with E-state index in [0.717, 1.165) is 25.5 Å². The fraction of sp³-hybridized carbons (Fsp3) is 0.257. The van der Waals surface area contributed by atoms with Crippen molar-refractivity contribution in [3.63, 3.8) is 0 Å². The Balaban J connectivity index is 1.80. The van der Waals surface area contributed by atoms with E-state index in [1.54, 1.807) is 42.5 Å². The standard InChI is InChI=1S/C35H38BrN3O4S/c1-26-15-17-28(18-16-26)24-38(32(34(41)37-35(2,3)4)23-27-11-7-5-8-12-27)33(40)25-39(30-21-19-29(36)20-22-30)44(42,43)31-13-9-6-10-14-31/h5-22,32H,23-25H2,1-4H3,(H,37,41). The molecule has 4 aromatic rings. The maximum Gasteiger partial charge on any atom is 0.264 e. The van der Waals surface area contributed by atoms with Crippen LogP contribution < -0.4 is 9.62 Å². The van der Waals surface area contributed by atoms with Crippen LogP contribution in [0.1, 0.15) is 37.5 Å². The first-order valence-corrected chi connectivity index (χ1v) is 16.6. The van der Waals surface area contributed by atoms with Crippen LogP contribution in [0.15, 0.2) is 119 Å². The van der Waals surface area contributed by atoms with Crippen LogP contribution in [0.2, 0.25) is 0 Å². The Morgan fingerprint density at radius 3 is 1.93 bits per heavy atom. The largest absolute Gasteiger partial charge is 0.350 e. The number of rotatable bonds is 11. The number of amides is 2. The highest BCUT2D eigenvalue weighted by atomic mass is 79.9.